The van der Waals surface area contributed by atoms with Gasteiger partial charge in [0.25, 0.3) is 0 Å². The molecule has 0 aromatic heterocycles. The molecule has 1 rings (SSSR count). The summed E-state index contributed by atoms with van der Waals surface area (Å²) in [4.78, 5) is 13.8. The molecule has 0 aliphatic carbocycles. The van der Waals surface area contributed by atoms with Gasteiger partial charge in [-0.25, -0.2) is 0 Å². The monoisotopic (exact) mass is 109 g/mol. The van der Waals surface area contributed by atoms with E-state index in [1.807, 2.05) is 13.0 Å². The predicted octanol–water partition coefficient (Wildman–Crippen LogP) is 0.585. The fourth-order valence-corrected chi connectivity index (χ4v) is 0.606. The van der Waals surface area contributed by atoms with E-state index in [-0.39, 0.29) is 6.04 Å². The normalized spacial score (nSPS) is 30.1. The number of rotatable bonds is 1. The van der Waals surface area contributed by atoms with Crippen molar-refractivity contribution in [3.8, 4) is 0 Å². The highest BCUT2D eigenvalue weighted by Gasteiger charge is 2.15. The Morgan fingerprint density at radius 1 is 1.88 bits per heavy atom. The fraction of sp³-hybridized carbons (Fsp3) is 0.333. The van der Waals surface area contributed by atoms with Crippen molar-refractivity contribution < 1.29 is 4.79 Å². The molecule has 2 nitrogen and oxygen atoms in total. The van der Waals surface area contributed by atoms with E-state index in [1.54, 1.807) is 6.21 Å². The first kappa shape index (κ1) is 5.22. The van der Waals surface area contributed by atoms with Gasteiger partial charge in [-0.2, -0.15) is 0 Å². The summed E-state index contributed by atoms with van der Waals surface area (Å²) < 4.78 is 0. The second kappa shape index (κ2) is 1.90. The molecule has 2 heteroatoms. The molecule has 0 fully saturated rings. The fourth-order valence-electron chi connectivity index (χ4n) is 0.606. The van der Waals surface area contributed by atoms with Crippen LogP contribution in [0.1, 0.15) is 6.92 Å². The van der Waals surface area contributed by atoms with Crippen LogP contribution in [0.2, 0.25) is 0 Å². The number of nitrogens with zero attached hydrogens (tertiary/aromatic N) is 1. The van der Waals surface area contributed by atoms with Gasteiger partial charge in [-0.1, -0.05) is 6.08 Å². The summed E-state index contributed by atoms with van der Waals surface area (Å²) in [6.07, 6.45) is 4.44. The predicted molar refractivity (Wildman–Crippen MR) is 32.1 cm³/mol. The summed E-state index contributed by atoms with van der Waals surface area (Å²) in [5.41, 5.74) is 1.03. The molecule has 1 aliphatic rings. The molecule has 0 aromatic carbocycles. The number of carbonyl (C=O) groups excluding carboxylic acids is 1. The molecule has 8 heavy (non-hydrogen) atoms. The maximum Gasteiger partial charge on any atom is 0.149 e. The molecule has 0 spiro atoms. The molecule has 42 valence electrons. The van der Waals surface area contributed by atoms with Crippen LogP contribution in [0.3, 0.4) is 0 Å². The van der Waals surface area contributed by atoms with E-state index in [9.17, 15) is 4.79 Å². The molecule has 0 bridgehead atoms. The first-order valence-electron chi connectivity index (χ1n) is 2.53. The number of allylic oxidation sites excluding steroid dienone is 1. The SMILES string of the molecule is CC=C1C=NC1C=O. The highest BCUT2D eigenvalue weighted by atomic mass is 16.1. The van der Waals surface area contributed by atoms with Gasteiger partial charge in [0.15, 0.2) is 0 Å². The average Bonchev–Trinajstić information content (AvgIpc) is 1.66. The van der Waals surface area contributed by atoms with Crippen LogP contribution in [0, 0.1) is 0 Å². The van der Waals surface area contributed by atoms with Gasteiger partial charge in [-0.15, -0.1) is 0 Å². The summed E-state index contributed by atoms with van der Waals surface area (Å²) in [6.45, 7) is 1.90. The zero-order valence-corrected chi connectivity index (χ0v) is 4.66. The molecule has 0 amide bonds. The van der Waals surface area contributed by atoms with E-state index < -0.39 is 0 Å². The molecule has 1 unspecified atom stereocenters. The minimum absolute atomic E-state index is 0.153. The van der Waals surface area contributed by atoms with Crippen molar-refractivity contribution >= 4 is 12.5 Å². The van der Waals surface area contributed by atoms with Crippen molar-refractivity contribution in [2.45, 2.75) is 13.0 Å². The number of hydrogen-bond acceptors (Lipinski definition) is 2. The van der Waals surface area contributed by atoms with E-state index in [4.69, 9.17) is 0 Å². The van der Waals surface area contributed by atoms with Crippen LogP contribution in [0.25, 0.3) is 0 Å². The molecular weight excluding hydrogens is 102 g/mol. The number of aliphatic imine (C=N–C) groups is 1. The van der Waals surface area contributed by atoms with Crippen molar-refractivity contribution in [3.63, 3.8) is 0 Å². The van der Waals surface area contributed by atoms with Gasteiger partial charge < -0.3 is 4.79 Å². The van der Waals surface area contributed by atoms with Crippen LogP contribution in [0.4, 0.5) is 0 Å². The highest BCUT2D eigenvalue weighted by Crippen LogP contribution is 2.10. The van der Waals surface area contributed by atoms with Crippen LogP contribution >= 0.6 is 0 Å². The third kappa shape index (κ3) is 0.579. The lowest BCUT2D eigenvalue weighted by molar-refractivity contribution is -0.108. The van der Waals surface area contributed by atoms with E-state index in [2.05, 4.69) is 4.99 Å². The van der Waals surface area contributed by atoms with Crippen LogP contribution in [0.15, 0.2) is 16.6 Å². The Hall–Kier alpha value is -0.920. The van der Waals surface area contributed by atoms with Gasteiger partial charge in [0.2, 0.25) is 0 Å². The van der Waals surface area contributed by atoms with Crippen molar-refractivity contribution in [1.82, 2.24) is 0 Å². The summed E-state index contributed by atoms with van der Waals surface area (Å²) in [5, 5.41) is 0. The van der Waals surface area contributed by atoms with Crippen LogP contribution in [-0.2, 0) is 4.79 Å². The molecular formula is C6H7NO. The largest absolute Gasteiger partial charge is 0.301 e. The minimum atomic E-state index is -0.153. The third-order valence-electron chi connectivity index (χ3n) is 1.19. The Morgan fingerprint density at radius 3 is 2.75 bits per heavy atom. The topological polar surface area (TPSA) is 29.4 Å². The van der Waals surface area contributed by atoms with Crippen molar-refractivity contribution in [1.29, 1.82) is 0 Å². The Kier molecular flexibility index (Phi) is 1.24. The summed E-state index contributed by atoms with van der Waals surface area (Å²) in [5.74, 6) is 0. The minimum Gasteiger partial charge on any atom is -0.301 e. The standard InChI is InChI=1S/C6H7NO/c1-2-5-3-7-6(5)4-8/h2-4,6H,1H3. The Morgan fingerprint density at radius 2 is 2.62 bits per heavy atom. The maximum absolute atomic E-state index is 10.0. The molecule has 0 N–H and O–H groups in total. The van der Waals surface area contributed by atoms with Gasteiger partial charge in [0.1, 0.15) is 12.3 Å². The van der Waals surface area contributed by atoms with Gasteiger partial charge in [0, 0.05) is 6.21 Å². The molecule has 0 aromatic rings. The molecule has 0 saturated carbocycles. The lowest BCUT2D eigenvalue weighted by Crippen LogP contribution is -2.19. The highest BCUT2D eigenvalue weighted by molar-refractivity contribution is 5.94. The summed E-state index contributed by atoms with van der Waals surface area (Å²) in [7, 11) is 0. The first-order chi connectivity index (χ1) is 3.88. The average molecular weight is 109 g/mol. The number of hydrogen-bond donors (Lipinski definition) is 0. The maximum atomic E-state index is 10.0. The molecule has 1 heterocycles. The Bertz CT molecular complexity index is 158. The third-order valence-corrected chi connectivity index (χ3v) is 1.19. The van der Waals surface area contributed by atoms with Gasteiger partial charge in [-0.05, 0) is 12.5 Å². The second-order valence-electron chi connectivity index (χ2n) is 1.65. The molecule has 0 saturated heterocycles. The van der Waals surface area contributed by atoms with Crippen molar-refractivity contribution in [3.05, 3.63) is 11.6 Å². The summed E-state index contributed by atoms with van der Waals surface area (Å²) >= 11 is 0. The van der Waals surface area contributed by atoms with Crippen molar-refractivity contribution in [2.24, 2.45) is 4.99 Å². The second-order valence-corrected chi connectivity index (χ2v) is 1.65. The van der Waals surface area contributed by atoms with E-state index >= 15 is 0 Å². The smallest absolute Gasteiger partial charge is 0.149 e. The molecule has 0 radical (unpaired) electrons. The molecule has 1 atom stereocenters. The van der Waals surface area contributed by atoms with Gasteiger partial charge in [-0.3, -0.25) is 4.99 Å². The lowest BCUT2D eigenvalue weighted by Gasteiger charge is -2.12. The zero-order valence-electron chi connectivity index (χ0n) is 4.66. The molecule has 1 aliphatic heterocycles. The van der Waals surface area contributed by atoms with Crippen molar-refractivity contribution in [2.75, 3.05) is 0 Å². The summed E-state index contributed by atoms with van der Waals surface area (Å²) in [6, 6.07) is -0.153. The Labute approximate surface area is 47.9 Å². The number of carbonyl (C=O) groups is 1. The lowest BCUT2D eigenvalue weighted by atomic mass is 10.1. The Balaban J connectivity index is 2.67. The van der Waals surface area contributed by atoms with E-state index in [0.717, 1.165) is 11.9 Å². The quantitative estimate of drug-likeness (QED) is 0.453. The first-order valence-corrected chi connectivity index (χ1v) is 2.53. The van der Waals surface area contributed by atoms with Crippen LogP contribution < -0.4 is 0 Å². The van der Waals surface area contributed by atoms with Crippen LogP contribution in [-0.4, -0.2) is 18.5 Å². The number of aldehydes is 1. The van der Waals surface area contributed by atoms with Gasteiger partial charge in [0.05, 0.1) is 0 Å². The zero-order chi connectivity index (χ0) is 5.98. The van der Waals surface area contributed by atoms with E-state index in [0.29, 0.717) is 0 Å². The van der Waals surface area contributed by atoms with Gasteiger partial charge >= 0.3 is 0 Å². The van der Waals surface area contributed by atoms with Crippen LogP contribution in [0.5, 0.6) is 0 Å². The van der Waals surface area contributed by atoms with E-state index in [1.165, 1.54) is 0 Å².